The summed E-state index contributed by atoms with van der Waals surface area (Å²) in [6.45, 7) is 2.18. The Hall–Kier alpha value is -0.650. The number of halogens is 1. The van der Waals surface area contributed by atoms with Gasteiger partial charge >= 0.3 is 87.7 Å². The van der Waals surface area contributed by atoms with Crippen LogP contribution < -0.4 is 21.2 Å². The van der Waals surface area contributed by atoms with Crippen LogP contribution in [0.15, 0.2) is 18.2 Å². The van der Waals surface area contributed by atoms with Gasteiger partial charge in [-0.05, 0) is 0 Å². The third-order valence-corrected chi connectivity index (χ3v) is 3.10. The van der Waals surface area contributed by atoms with E-state index in [0.29, 0.717) is 12.3 Å². The molecule has 0 saturated carbocycles. The van der Waals surface area contributed by atoms with E-state index in [1.807, 2.05) is 12.1 Å². The number of hydrogen-bond acceptors (Lipinski definition) is 3. The molecule has 0 spiro atoms. The van der Waals surface area contributed by atoms with Crippen molar-refractivity contribution in [3.63, 3.8) is 0 Å². The zero-order valence-corrected chi connectivity index (χ0v) is 9.74. The molecule has 4 heteroatoms. The average Bonchev–Trinajstić information content (AvgIpc) is 2.18. The summed E-state index contributed by atoms with van der Waals surface area (Å²) in [6, 6.07) is 5.47. The van der Waals surface area contributed by atoms with E-state index in [4.69, 9.17) is 4.74 Å². The molecule has 0 atom stereocenters. The zero-order chi connectivity index (χ0) is 9.68. The van der Waals surface area contributed by atoms with Crippen molar-refractivity contribution in [2.45, 2.75) is 6.92 Å². The molecule has 0 radical (unpaired) electrons. The number of rotatable bonds is 3. The van der Waals surface area contributed by atoms with Crippen LogP contribution in [0.4, 0.5) is 0 Å². The van der Waals surface area contributed by atoms with Crippen LogP contribution in [-0.2, 0) is 4.74 Å². The molecule has 13 heavy (non-hydrogen) atoms. The fourth-order valence-corrected chi connectivity index (χ4v) is 1.90. The van der Waals surface area contributed by atoms with Gasteiger partial charge in [-0.15, -0.1) is 0 Å². The molecule has 1 rings (SSSR count). The van der Waals surface area contributed by atoms with Crippen LogP contribution in [0.25, 0.3) is 0 Å². The van der Waals surface area contributed by atoms with Crippen molar-refractivity contribution >= 4 is 5.97 Å². The van der Waals surface area contributed by atoms with Crippen molar-refractivity contribution in [3.05, 3.63) is 27.6 Å². The van der Waals surface area contributed by atoms with Crippen LogP contribution in [0.1, 0.15) is 17.4 Å². The molecule has 0 aliphatic rings. The van der Waals surface area contributed by atoms with Gasteiger partial charge in [-0.25, -0.2) is 0 Å². The van der Waals surface area contributed by atoms with Gasteiger partial charge in [0.05, 0.1) is 0 Å². The molecule has 1 aromatic heterocycles. The van der Waals surface area contributed by atoms with E-state index in [-0.39, 0.29) is 27.2 Å². The van der Waals surface area contributed by atoms with Gasteiger partial charge in [0.1, 0.15) is 0 Å². The Morgan fingerprint density at radius 3 is 3.00 bits per heavy atom. The van der Waals surface area contributed by atoms with Gasteiger partial charge in [-0.3, -0.25) is 0 Å². The maximum atomic E-state index is 11.2. The van der Waals surface area contributed by atoms with Crippen molar-refractivity contribution in [1.82, 2.24) is 4.98 Å². The summed E-state index contributed by atoms with van der Waals surface area (Å²) in [6.07, 6.45) is 0. The number of hydrogen-bond donors (Lipinski definition) is 0. The number of aromatic nitrogens is 1. The van der Waals surface area contributed by atoms with E-state index in [0.717, 1.165) is 3.70 Å². The number of carbonyl (C=O) groups is 1. The standard InChI is InChI=1S/C9H11INO2/c1-3-13-9(12)7-5-4-6-8(10-2)11-7/h4-6H,3H2,1-2H3/q-1. The first-order valence-corrected chi connectivity index (χ1v) is 7.15. The van der Waals surface area contributed by atoms with Crippen LogP contribution in [0.3, 0.4) is 0 Å². The summed E-state index contributed by atoms with van der Waals surface area (Å²) in [4.78, 5) is 17.5. The summed E-state index contributed by atoms with van der Waals surface area (Å²) in [5.41, 5.74) is 0.418. The number of nitrogens with zero attached hydrogens (tertiary/aromatic N) is 1. The molecule has 0 bridgehead atoms. The Kier molecular flexibility index (Phi) is 4.14. The van der Waals surface area contributed by atoms with E-state index >= 15 is 0 Å². The summed E-state index contributed by atoms with van der Waals surface area (Å²) < 4.78 is 5.86. The van der Waals surface area contributed by atoms with Crippen molar-refractivity contribution in [1.29, 1.82) is 0 Å². The molecule has 0 fully saturated rings. The molecule has 0 amide bonds. The SMILES string of the molecule is CCOC(=O)c1cccc([I-]C)n1. The van der Waals surface area contributed by atoms with Crippen molar-refractivity contribution in [3.8, 4) is 0 Å². The molecule has 0 aliphatic carbocycles. The van der Waals surface area contributed by atoms with E-state index in [9.17, 15) is 4.79 Å². The Morgan fingerprint density at radius 1 is 1.62 bits per heavy atom. The van der Waals surface area contributed by atoms with E-state index in [1.165, 1.54) is 0 Å². The van der Waals surface area contributed by atoms with Gasteiger partial charge < -0.3 is 0 Å². The zero-order valence-electron chi connectivity index (χ0n) is 7.58. The normalized spacial score (nSPS) is 10.0. The summed E-state index contributed by atoms with van der Waals surface area (Å²) in [7, 11) is 0. The van der Waals surface area contributed by atoms with Gasteiger partial charge in [-0.2, -0.15) is 0 Å². The third-order valence-electron chi connectivity index (χ3n) is 1.39. The van der Waals surface area contributed by atoms with Gasteiger partial charge in [0.25, 0.3) is 0 Å². The molecule has 1 aromatic rings. The first-order valence-electron chi connectivity index (χ1n) is 3.91. The molecule has 72 valence electrons. The molecule has 0 N–H and O–H groups in total. The Morgan fingerprint density at radius 2 is 2.38 bits per heavy atom. The average molecular weight is 292 g/mol. The van der Waals surface area contributed by atoms with Crippen LogP contribution in [0, 0.1) is 3.70 Å². The molecule has 0 saturated heterocycles. The number of alkyl halides is 1. The Balaban J connectivity index is 2.82. The van der Waals surface area contributed by atoms with Crippen LogP contribution >= 0.6 is 0 Å². The van der Waals surface area contributed by atoms with Crippen LogP contribution in [0.2, 0.25) is 0 Å². The number of ether oxygens (including phenoxy) is 1. The Bertz CT molecular complexity index is 301. The fraction of sp³-hybridized carbons (Fsp3) is 0.333. The number of carbonyl (C=O) groups excluding carboxylic acids is 1. The topological polar surface area (TPSA) is 39.2 Å². The van der Waals surface area contributed by atoms with E-state index in [2.05, 4.69) is 9.91 Å². The van der Waals surface area contributed by atoms with Crippen molar-refractivity contribution < 1.29 is 30.7 Å². The van der Waals surface area contributed by atoms with Gasteiger partial charge in [0.2, 0.25) is 0 Å². The van der Waals surface area contributed by atoms with Crippen LogP contribution in [-0.4, -0.2) is 22.5 Å². The van der Waals surface area contributed by atoms with Gasteiger partial charge in [0.15, 0.2) is 0 Å². The van der Waals surface area contributed by atoms with Crippen molar-refractivity contribution in [2.75, 3.05) is 11.5 Å². The second-order valence-corrected chi connectivity index (χ2v) is 4.44. The maximum absolute atomic E-state index is 11.2. The Labute approximate surface area is 87.8 Å². The number of esters is 1. The molecular weight excluding hydrogens is 281 g/mol. The predicted molar refractivity (Wildman–Crippen MR) is 44.8 cm³/mol. The molecule has 3 nitrogen and oxygen atoms in total. The molecule has 1 heterocycles. The molecule has 0 unspecified atom stereocenters. The van der Waals surface area contributed by atoms with E-state index < -0.39 is 0 Å². The second-order valence-electron chi connectivity index (χ2n) is 2.26. The molecule has 0 aliphatic heterocycles. The van der Waals surface area contributed by atoms with Gasteiger partial charge in [0, 0.05) is 0 Å². The second kappa shape index (κ2) is 5.16. The quantitative estimate of drug-likeness (QED) is 0.284. The first kappa shape index (κ1) is 10.4. The third kappa shape index (κ3) is 2.95. The fourth-order valence-electron chi connectivity index (χ4n) is 0.832. The number of pyridine rings is 1. The predicted octanol–water partition coefficient (Wildman–Crippen LogP) is -1.85. The monoisotopic (exact) mass is 292 g/mol. The minimum atomic E-state index is -0.332. The van der Waals surface area contributed by atoms with E-state index in [1.54, 1.807) is 13.0 Å². The summed E-state index contributed by atoms with van der Waals surface area (Å²) >= 11 is -0.0616. The molecular formula is C9H11INO2-. The summed E-state index contributed by atoms with van der Waals surface area (Å²) in [5.74, 6) is -0.332. The summed E-state index contributed by atoms with van der Waals surface area (Å²) in [5, 5.41) is 0. The first-order chi connectivity index (χ1) is 6.27. The van der Waals surface area contributed by atoms with Gasteiger partial charge in [-0.1, -0.05) is 0 Å². The molecule has 0 aromatic carbocycles. The minimum absolute atomic E-state index is 0.0616. The van der Waals surface area contributed by atoms with Crippen LogP contribution in [0.5, 0.6) is 0 Å². The van der Waals surface area contributed by atoms with Crippen molar-refractivity contribution in [2.24, 2.45) is 0 Å².